The van der Waals surface area contributed by atoms with Crippen LogP contribution in [-0.2, 0) is 4.79 Å². The minimum atomic E-state index is -0.875. The molecule has 1 aromatic carbocycles. The Morgan fingerprint density at radius 3 is 2.36 bits per heavy atom. The fraction of sp³-hybridized carbons (Fsp3) is 0.300. The van der Waals surface area contributed by atoms with Gasteiger partial charge in [-0.15, -0.1) is 0 Å². The first kappa shape index (κ1) is 11.2. The number of carboxylic acid groups (broad SMARTS) is 1. The Hall–Kier alpha value is -0.870. The van der Waals surface area contributed by atoms with Crippen molar-refractivity contribution in [2.75, 3.05) is 0 Å². The van der Waals surface area contributed by atoms with Crippen LogP contribution < -0.4 is 5.73 Å². The molecular weight excluding hydrogens is 246 g/mol. The van der Waals surface area contributed by atoms with Gasteiger partial charge in [-0.05, 0) is 17.7 Å². The largest absolute Gasteiger partial charge is 0.481 e. The summed E-state index contributed by atoms with van der Waals surface area (Å²) in [5.74, 6) is -1.45. The van der Waals surface area contributed by atoms with E-state index in [0.717, 1.165) is 10.0 Å². The molecular formula is C10H12BrNO2. The molecule has 0 radical (unpaired) electrons. The first-order chi connectivity index (χ1) is 6.52. The van der Waals surface area contributed by atoms with Gasteiger partial charge >= 0.3 is 5.97 Å². The van der Waals surface area contributed by atoms with E-state index in [1.54, 1.807) is 6.92 Å². The molecule has 1 rings (SSSR count). The molecule has 0 aliphatic heterocycles. The smallest absolute Gasteiger partial charge is 0.308 e. The minimum absolute atomic E-state index is 0.458. The average molecular weight is 258 g/mol. The van der Waals surface area contributed by atoms with Crippen molar-refractivity contribution in [3.8, 4) is 0 Å². The van der Waals surface area contributed by atoms with E-state index in [1.807, 2.05) is 24.3 Å². The number of halogens is 1. The molecule has 0 saturated heterocycles. The van der Waals surface area contributed by atoms with Gasteiger partial charge in [-0.3, -0.25) is 4.79 Å². The van der Waals surface area contributed by atoms with Crippen molar-refractivity contribution in [1.29, 1.82) is 0 Å². The Morgan fingerprint density at radius 1 is 1.43 bits per heavy atom. The SMILES string of the molecule is CC(C(=O)O)C(N)c1ccc(Br)cc1. The molecule has 4 heteroatoms. The second-order valence-electron chi connectivity index (χ2n) is 3.20. The first-order valence-corrected chi connectivity index (χ1v) is 5.05. The number of carbonyl (C=O) groups is 1. The lowest BCUT2D eigenvalue weighted by molar-refractivity contribution is -0.141. The van der Waals surface area contributed by atoms with E-state index in [4.69, 9.17) is 10.8 Å². The van der Waals surface area contributed by atoms with Crippen LogP contribution in [0.3, 0.4) is 0 Å². The molecule has 0 aliphatic carbocycles. The molecule has 14 heavy (non-hydrogen) atoms. The topological polar surface area (TPSA) is 63.3 Å². The zero-order valence-corrected chi connectivity index (χ0v) is 9.36. The second-order valence-corrected chi connectivity index (χ2v) is 4.12. The summed E-state index contributed by atoms with van der Waals surface area (Å²) in [7, 11) is 0. The summed E-state index contributed by atoms with van der Waals surface area (Å²) in [6, 6.07) is 6.90. The van der Waals surface area contributed by atoms with Gasteiger partial charge in [-0.2, -0.15) is 0 Å². The van der Waals surface area contributed by atoms with Gasteiger partial charge in [0.2, 0.25) is 0 Å². The van der Waals surface area contributed by atoms with Gasteiger partial charge in [0.05, 0.1) is 5.92 Å². The van der Waals surface area contributed by atoms with Crippen LogP contribution >= 0.6 is 15.9 Å². The number of hydrogen-bond donors (Lipinski definition) is 2. The minimum Gasteiger partial charge on any atom is -0.481 e. The van der Waals surface area contributed by atoms with Gasteiger partial charge in [0, 0.05) is 10.5 Å². The Balaban J connectivity index is 2.84. The van der Waals surface area contributed by atoms with Crippen molar-refractivity contribution < 1.29 is 9.90 Å². The van der Waals surface area contributed by atoms with Gasteiger partial charge in [0.15, 0.2) is 0 Å². The molecule has 0 saturated carbocycles. The first-order valence-electron chi connectivity index (χ1n) is 4.26. The predicted octanol–water partition coefficient (Wildman–Crippen LogP) is 2.17. The van der Waals surface area contributed by atoms with Gasteiger partial charge in [-0.25, -0.2) is 0 Å². The fourth-order valence-electron chi connectivity index (χ4n) is 1.13. The van der Waals surface area contributed by atoms with Crippen LogP contribution in [0.1, 0.15) is 18.5 Å². The summed E-state index contributed by atoms with van der Waals surface area (Å²) in [6.07, 6.45) is 0. The monoisotopic (exact) mass is 257 g/mol. The van der Waals surface area contributed by atoms with Crippen LogP contribution in [0.2, 0.25) is 0 Å². The van der Waals surface area contributed by atoms with Crippen molar-refractivity contribution in [1.82, 2.24) is 0 Å². The van der Waals surface area contributed by atoms with E-state index in [-0.39, 0.29) is 0 Å². The van der Waals surface area contributed by atoms with E-state index >= 15 is 0 Å². The van der Waals surface area contributed by atoms with E-state index in [9.17, 15) is 4.79 Å². The van der Waals surface area contributed by atoms with Gasteiger partial charge < -0.3 is 10.8 Å². The molecule has 0 fully saturated rings. The van der Waals surface area contributed by atoms with Crippen LogP contribution in [0.15, 0.2) is 28.7 Å². The summed E-state index contributed by atoms with van der Waals surface area (Å²) in [5, 5.41) is 8.78. The molecule has 0 heterocycles. The highest BCUT2D eigenvalue weighted by Crippen LogP contribution is 2.21. The third-order valence-electron chi connectivity index (χ3n) is 2.18. The number of nitrogens with two attached hydrogens (primary N) is 1. The molecule has 0 bridgehead atoms. The van der Waals surface area contributed by atoms with Crippen molar-refractivity contribution in [2.45, 2.75) is 13.0 Å². The zero-order chi connectivity index (χ0) is 10.7. The van der Waals surface area contributed by atoms with Crippen molar-refractivity contribution in [2.24, 2.45) is 11.7 Å². The summed E-state index contributed by atoms with van der Waals surface area (Å²) in [6.45, 7) is 1.61. The summed E-state index contributed by atoms with van der Waals surface area (Å²) < 4.78 is 0.955. The predicted molar refractivity (Wildman–Crippen MR) is 57.9 cm³/mol. The quantitative estimate of drug-likeness (QED) is 0.873. The molecule has 3 nitrogen and oxygen atoms in total. The molecule has 3 N–H and O–H groups in total. The Labute approximate surface area is 91.1 Å². The standard InChI is InChI=1S/C10H12BrNO2/c1-6(10(13)14)9(12)7-2-4-8(11)5-3-7/h2-6,9H,12H2,1H3,(H,13,14). The lowest BCUT2D eigenvalue weighted by Crippen LogP contribution is -2.25. The van der Waals surface area contributed by atoms with Crippen LogP contribution in [0.4, 0.5) is 0 Å². The van der Waals surface area contributed by atoms with Crippen molar-refractivity contribution >= 4 is 21.9 Å². The zero-order valence-electron chi connectivity index (χ0n) is 7.77. The highest BCUT2D eigenvalue weighted by molar-refractivity contribution is 9.10. The normalized spacial score (nSPS) is 14.8. The maximum Gasteiger partial charge on any atom is 0.308 e. The van der Waals surface area contributed by atoms with Crippen molar-refractivity contribution in [3.05, 3.63) is 34.3 Å². The second kappa shape index (κ2) is 4.57. The van der Waals surface area contributed by atoms with Crippen LogP contribution in [0, 0.1) is 5.92 Å². The third kappa shape index (κ3) is 2.56. The Bertz CT molecular complexity index is 323. The van der Waals surface area contributed by atoms with Crippen LogP contribution in [0.5, 0.6) is 0 Å². The van der Waals surface area contributed by atoms with Crippen molar-refractivity contribution in [3.63, 3.8) is 0 Å². The van der Waals surface area contributed by atoms with E-state index in [2.05, 4.69) is 15.9 Å². The van der Waals surface area contributed by atoms with E-state index in [1.165, 1.54) is 0 Å². The molecule has 0 aromatic heterocycles. The molecule has 2 atom stereocenters. The molecule has 0 aliphatic rings. The average Bonchev–Trinajstić information content (AvgIpc) is 2.16. The highest BCUT2D eigenvalue weighted by atomic mass is 79.9. The highest BCUT2D eigenvalue weighted by Gasteiger charge is 2.20. The number of benzene rings is 1. The number of hydrogen-bond acceptors (Lipinski definition) is 2. The van der Waals surface area contributed by atoms with Crippen LogP contribution in [-0.4, -0.2) is 11.1 Å². The molecule has 76 valence electrons. The number of carboxylic acids is 1. The van der Waals surface area contributed by atoms with Crippen LogP contribution in [0.25, 0.3) is 0 Å². The maximum atomic E-state index is 10.7. The Kier molecular flexibility index (Phi) is 3.66. The third-order valence-corrected chi connectivity index (χ3v) is 2.71. The number of aliphatic carboxylic acids is 1. The number of rotatable bonds is 3. The molecule has 0 amide bonds. The van der Waals surface area contributed by atoms with E-state index in [0.29, 0.717) is 0 Å². The lowest BCUT2D eigenvalue weighted by atomic mass is 9.96. The summed E-state index contributed by atoms with van der Waals surface area (Å²) in [5.41, 5.74) is 6.63. The fourth-order valence-corrected chi connectivity index (χ4v) is 1.39. The molecule has 2 unspecified atom stereocenters. The van der Waals surface area contributed by atoms with Gasteiger partial charge in [-0.1, -0.05) is 35.0 Å². The summed E-state index contributed by atoms with van der Waals surface area (Å²) in [4.78, 5) is 10.7. The molecule has 1 aromatic rings. The van der Waals surface area contributed by atoms with Gasteiger partial charge in [0.25, 0.3) is 0 Å². The van der Waals surface area contributed by atoms with Gasteiger partial charge in [0.1, 0.15) is 0 Å². The van der Waals surface area contributed by atoms with E-state index < -0.39 is 17.9 Å². The lowest BCUT2D eigenvalue weighted by Gasteiger charge is -2.16. The summed E-state index contributed by atoms with van der Waals surface area (Å²) >= 11 is 3.30. The molecule has 0 spiro atoms. The maximum absolute atomic E-state index is 10.7. The Morgan fingerprint density at radius 2 is 1.93 bits per heavy atom.